The number of carbonyl (C=O) groups excluding carboxylic acids is 1. The number of rotatable bonds is 3. The van der Waals surface area contributed by atoms with Crippen molar-refractivity contribution in [2.24, 2.45) is 0 Å². The number of para-hydroxylation sites is 1. The van der Waals surface area contributed by atoms with Gasteiger partial charge < -0.3 is 9.84 Å². The fourth-order valence-corrected chi connectivity index (χ4v) is 1.73. The highest BCUT2D eigenvalue weighted by molar-refractivity contribution is 6.31. The van der Waals surface area contributed by atoms with E-state index in [-0.39, 0.29) is 12.2 Å². The monoisotopic (exact) mass is 262 g/mol. The molecule has 0 spiro atoms. The van der Waals surface area contributed by atoms with Crippen molar-refractivity contribution in [3.05, 3.63) is 59.1 Å². The van der Waals surface area contributed by atoms with E-state index in [0.717, 1.165) is 0 Å². The van der Waals surface area contributed by atoms with Crippen LogP contribution in [0.15, 0.2) is 48.5 Å². The quantitative estimate of drug-likeness (QED) is 0.683. The first kappa shape index (κ1) is 12.5. The molecule has 4 heteroatoms. The van der Waals surface area contributed by atoms with Gasteiger partial charge in [0, 0.05) is 5.02 Å². The summed E-state index contributed by atoms with van der Waals surface area (Å²) >= 11 is 5.91. The molecule has 18 heavy (non-hydrogen) atoms. The van der Waals surface area contributed by atoms with Crippen LogP contribution in [0.25, 0.3) is 0 Å². The van der Waals surface area contributed by atoms with Gasteiger partial charge in [0.15, 0.2) is 0 Å². The van der Waals surface area contributed by atoms with Gasteiger partial charge in [-0.2, -0.15) is 0 Å². The normalized spacial score (nSPS) is 10.1. The molecule has 0 radical (unpaired) electrons. The maximum absolute atomic E-state index is 11.7. The van der Waals surface area contributed by atoms with Crippen molar-refractivity contribution >= 4 is 17.6 Å². The molecule has 0 heterocycles. The minimum Gasteiger partial charge on any atom is -0.508 e. The van der Waals surface area contributed by atoms with Crippen LogP contribution in [0.1, 0.15) is 5.56 Å². The molecule has 0 saturated carbocycles. The van der Waals surface area contributed by atoms with Gasteiger partial charge in [0.2, 0.25) is 0 Å². The van der Waals surface area contributed by atoms with Gasteiger partial charge in [0.25, 0.3) is 0 Å². The van der Waals surface area contributed by atoms with Gasteiger partial charge in [-0.3, -0.25) is 4.79 Å². The number of hydrogen-bond donors (Lipinski definition) is 1. The smallest absolute Gasteiger partial charge is 0.315 e. The van der Waals surface area contributed by atoms with Gasteiger partial charge in [0.05, 0.1) is 6.42 Å². The molecule has 2 rings (SSSR count). The van der Waals surface area contributed by atoms with Crippen molar-refractivity contribution in [2.75, 3.05) is 0 Å². The van der Waals surface area contributed by atoms with Crippen LogP contribution in [0, 0.1) is 0 Å². The number of hydrogen-bond acceptors (Lipinski definition) is 3. The number of esters is 1. The summed E-state index contributed by atoms with van der Waals surface area (Å²) < 4.78 is 5.14. The van der Waals surface area contributed by atoms with E-state index in [1.807, 2.05) is 6.07 Å². The van der Waals surface area contributed by atoms with Crippen LogP contribution in [0.4, 0.5) is 0 Å². The van der Waals surface area contributed by atoms with Gasteiger partial charge in [0.1, 0.15) is 11.5 Å². The zero-order valence-electron chi connectivity index (χ0n) is 9.47. The Morgan fingerprint density at radius 1 is 1.17 bits per heavy atom. The Balaban J connectivity index is 2.03. The fraction of sp³-hybridized carbons (Fsp3) is 0.0714. The summed E-state index contributed by atoms with van der Waals surface area (Å²) in [7, 11) is 0. The van der Waals surface area contributed by atoms with Crippen molar-refractivity contribution in [1.29, 1.82) is 0 Å². The van der Waals surface area contributed by atoms with Crippen molar-refractivity contribution in [2.45, 2.75) is 6.42 Å². The van der Waals surface area contributed by atoms with Gasteiger partial charge in [-0.1, -0.05) is 35.9 Å². The highest BCUT2D eigenvalue weighted by Gasteiger charge is 2.09. The van der Waals surface area contributed by atoms with Crippen molar-refractivity contribution in [3.8, 4) is 11.5 Å². The summed E-state index contributed by atoms with van der Waals surface area (Å²) in [5.41, 5.74) is 0.621. The summed E-state index contributed by atoms with van der Waals surface area (Å²) in [5, 5.41) is 9.55. The molecule has 0 fully saturated rings. The topological polar surface area (TPSA) is 46.5 Å². The first-order valence-corrected chi connectivity index (χ1v) is 5.76. The molecule has 92 valence electrons. The first-order chi connectivity index (χ1) is 8.65. The minimum atomic E-state index is -0.395. The second kappa shape index (κ2) is 5.56. The number of phenolic OH excluding ortho intramolecular Hbond substituents is 1. The van der Waals surface area contributed by atoms with Gasteiger partial charge in [-0.05, 0) is 29.8 Å². The molecule has 0 aliphatic heterocycles. The molecule has 2 aromatic rings. The van der Waals surface area contributed by atoms with E-state index in [1.54, 1.807) is 30.3 Å². The molecule has 0 aromatic heterocycles. The van der Waals surface area contributed by atoms with Crippen LogP contribution >= 0.6 is 11.6 Å². The molecule has 0 bridgehead atoms. The average molecular weight is 263 g/mol. The van der Waals surface area contributed by atoms with Crippen molar-refractivity contribution < 1.29 is 14.6 Å². The predicted molar refractivity (Wildman–Crippen MR) is 68.9 cm³/mol. The molecule has 1 N–H and O–H groups in total. The number of carbonyl (C=O) groups is 1. The number of benzene rings is 2. The second-order valence-corrected chi connectivity index (χ2v) is 4.15. The second-order valence-electron chi connectivity index (χ2n) is 3.74. The largest absolute Gasteiger partial charge is 0.508 e. The van der Waals surface area contributed by atoms with E-state index in [4.69, 9.17) is 16.3 Å². The summed E-state index contributed by atoms with van der Waals surface area (Å²) in [4.78, 5) is 11.7. The lowest BCUT2D eigenvalue weighted by Gasteiger charge is -2.06. The zero-order chi connectivity index (χ0) is 13.0. The molecule has 0 saturated heterocycles. The third kappa shape index (κ3) is 3.25. The molecular formula is C14H11ClO3. The number of ether oxygens (including phenoxy) is 1. The van der Waals surface area contributed by atoms with Crippen LogP contribution in [0.5, 0.6) is 11.5 Å². The molecule has 3 nitrogen and oxygen atoms in total. The van der Waals surface area contributed by atoms with Crippen LogP contribution in [-0.4, -0.2) is 11.1 Å². The summed E-state index contributed by atoms with van der Waals surface area (Å²) in [5.74, 6) is 0.173. The SMILES string of the molecule is O=C(Cc1ccc(O)cc1Cl)Oc1ccccc1. The van der Waals surface area contributed by atoms with E-state index >= 15 is 0 Å². The predicted octanol–water partition coefficient (Wildman–Crippen LogP) is 3.19. The molecule has 0 atom stereocenters. The Kier molecular flexibility index (Phi) is 3.85. The van der Waals surface area contributed by atoms with Crippen molar-refractivity contribution in [3.63, 3.8) is 0 Å². The van der Waals surface area contributed by atoms with Gasteiger partial charge in [-0.15, -0.1) is 0 Å². The summed E-state index contributed by atoms with van der Waals surface area (Å²) in [6.45, 7) is 0. The third-order valence-electron chi connectivity index (χ3n) is 2.35. The average Bonchev–Trinajstić information content (AvgIpc) is 2.34. The molecular weight excluding hydrogens is 252 g/mol. The Hall–Kier alpha value is -2.00. The minimum absolute atomic E-state index is 0.0635. The van der Waals surface area contributed by atoms with Gasteiger partial charge in [-0.25, -0.2) is 0 Å². The lowest BCUT2D eigenvalue weighted by molar-refractivity contribution is -0.133. The lowest BCUT2D eigenvalue weighted by Crippen LogP contribution is -2.11. The molecule has 0 aliphatic carbocycles. The fourth-order valence-electron chi connectivity index (χ4n) is 1.49. The van der Waals surface area contributed by atoms with E-state index in [0.29, 0.717) is 16.3 Å². The number of phenols is 1. The van der Waals surface area contributed by atoms with Crippen molar-refractivity contribution in [1.82, 2.24) is 0 Å². The highest BCUT2D eigenvalue weighted by atomic mass is 35.5. The Morgan fingerprint density at radius 2 is 1.89 bits per heavy atom. The maximum atomic E-state index is 11.7. The Bertz CT molecular complexity index is 552. The van der Waals surface area contributed by atoms with Crippen LogP contribution in [0.3, 0.4) is 0 Å². The molecule has 0 amide bonds. The maximum Gasteiger partial charge on any atom is 0.315 e. The first-order valence-electron chi connectivity index (χ1n) is 5.38. The Labute approximate surface area is 110 Å². The van der Waals surface area contributed by atoms with E-state index in [1.165, 1.54) is 12.1 Å². The standard InChI is InChI=1S/C14H11ClO3/c15-13-9-11(16)7-6-10(13)8-14(17)18-12-4-2-1-3-5-12/h1-7,9,16H,8H2. The number of halogens is 1. The van der Waals surface area contributed by atoms with Crippen LogP contribution in [-0.2, 0) is 11.2 Å². The van der Waals surface area contributed by atoms with Gasteiger partial charge >= 0.3 is 5.97 Å². The van der Waals surface area contributed by atoms with Crippen LogP contribution < -0.4 is 4.74 Å². The van der Waals surface area contributed by atoms with E-state index in [2.05, 4.69) is 0 Å². The summed E-state index contributed by atoms with van der Waals surface area (Å²) in [6, 6.07) is 13.3. The molecule has 0 aliphatic rings. The lowest BCUT2D eigenvalue weighted by atomic mass is 10.1. The van der Waals surface area contributed by atoms with E-state index in [9.17, 15) is 9.90 Å². The van der Waals surface area contributed by atoms with E-state index < -0.39 is 5.97 Å². The van der Waals surface area contributed by atoms with Crippen LogP contribution in [0.2, 0.25) is 5.02 Å². The number of aromatic hydroxyl groups is 1. The Morgan fingerprint density at radius 3 is 2.56 bits per heavy atom. The molecule has 0 unspecified atom stereocenters. The summed E-state index contributed by atoms with van der Waals surface area (Å²) in [6.07, 6.45) is 0.0635. The third-order valence-corrected chi connectivity index (χ3v) is 2.70. The molecule has 2 aromatic carbocycles. The highest BCUT2D eigenvalue weighted by Crippen LogP contribution is 2.22. The zero-order valence-corrected chi connectivity index (χ0v) is 10.2.